The van der Waals surface area contributed by atoms with Crippen molar-refractivity contribution < 1.29 is 9.90 Å². The molecule has 6 heteroatoms. The highest BCUT2D eigenvalue weighted by Crippen LogP contribution is 2.39. The van der Waals surface area contributed by atoms with Crippen molar-refractivity contribution in [1.29, 1.82) is 0 Å². The summed E-state index contributed by atoms with van der Waals surface area (Å²) in [6.07, 6.45) is 2.33. The summed E-state index contributed by atoms with van der Waals surface area (Å²) in [6.45, 7) is 0.131. The molecule has 3 aromatic rings. The number of aliphatic hydroxyl groups is 1. The molecule has 5 nitrogen and oxygen atoms in total. The number of fused-ring (bicyclic) bond motifs is 3. The lowest BCUT2D eigenvalue weighted by molar-refractivity contribution is -0.115. The predicted octanol–water partition coefficient (Wildman–Crippen LogP) is 3.27. The Balaban J connectivity index is 1.65. The standard InChI is InChI=1S/C18H15N3O2S/c22-8-7-11-1-3-12(4-2-11)19-9-13-16-14(21-18(13)23)5-6-15-17(16)24-10-20-15/h1-6,9-10,13,22H,7-8H2,(H,21,23). The number of carbonyl (C=O) groups excluding carboxylic acids is 1. The number of hydrogen-bond acceptors (Lipinski definition) is 5. The van der Waals surface area contributed by atoms with Gasteiger partial charge in [0.05, 0.1) is 21.4 Å². The van der Waals surface area contributed by atoms with Gasteiger partial charge in [0.2, 0.25) is 5.91 Å². The van der Waals surface area contributed by atoms with Crippen molar-refractivity contribution in [2.45, 2.75) is 12.3 Å². The van der Waals surface area contributed by atoms with Crippen molar-refractivity contribution in [2.75, 3.05) is 11.9 Å². The summed E-state index contributed by atoms with van der Waals surface area (Å²) < 4.78 is 1.03. The van der Waals surface area contributed by atoms with Crippen LogP contribution in [0, 0.1) is 0 Å². The van der Waals surface area contributed by atoms with E-state index >= 15 is 0 Å². The molecule has 0 fully saturated rings. The van der Waals surface area contributed by atoms with Crippen LogP contribution in [0.1, 0.15) is 17.0 Å². The van der Waals surface area contributed by atoms with E-state index < -0.39 is 5.92 Å². The van der Waals surface area contributed by atoms with E-state index in [1.807, 2.05) is 36.4 Å². The largest absolute Gasteiger partial charge is 0.396 e. The Labute approximate surface area is 142 Å². The molecule has 0 spiro atoms. The van der Waals surface area contributed by atoms with Gasteiger partial charge in [-0.05, 0) is 36.2 Å². The summed E-state index contributed by atoms with van der Waals surface area (Å²) in [7, 11) is 0. The van der Waals surface area contributed by atoms with Gasteiger partial charge in [-0.3, -0.25) is 9.79 Å². The Morgan fingerprint density at radius 2 is 2.08 bits per heavy atom. The summed E-state index contributed by atoms with van der Waals surface area (Å²) in [5.74, 6) is -0.465. The fourth-order valence-electron chi connectivity index (χ4n) is 2.89. The lowest BCUT2D eigenvalue weighted by Crippen LogP contribution is -2.12. The third-order valence-corrected chi connectivity index (χ3v) is 4.97. The van der Waals surface area contributed by atoms with Crippen LogP contribution in [0.15, 0.2) is 46.9 Å². The first-order valence-electron chi connectivity index (χ1n) is 7.67. The normalized spacial score (nSPS) is 16.7. The van der Waals surface area contributed by atoms with E-state index in [1.165, 1.54) is 11.3 Å². The third-order valence-electron chi connectivity index (χ3n) is 4.10. The molecule has 1 unspecified atom stereocenters. The molecule has 1 atom stereocenters. The van der Waals surface area contributed by atoms with Crippen molar-refractivity contribution in [3.8, 4) is 0 Å². The molecular formula is C18H15N3O2S. The number of aliphatic imine (C=N–C) groups is 1. The number of amides is 1. The maximum atomic E-state index is 12.3. The molecule has 1 amide bonds. The zero-order valence-corrected chi connectivity index (χ0v) is 13.6. The monoisotopic (exact) mass is 337 g/mol. The van der Waals surface area contributed by atoms with Gasteiger partial charge in [0, 0.05) is 24.1 Å². The van der Waals surface area contributed by atoms with Gasteiger partial charge in [0.25, 0.3) is 0 Å². The zero-order valence-electron chi connectivity index (χ0n) is 12.8. The SMILES string of the molecule is O=C1Nc2ccc3ncsc3c2C1C=Nc1ccc(CCO)cc1. The minimum absolute atomic E-state index is 0.0634. The molecule has 4 rings (SSSR count). The summed E-state index contributed by atoms with van der Waals surface area (Å²) >= 11 is 1.54. The molecule has 120 valence electrons. The van der Waals surface area contributed by atoms with Gasteiger partial charge < -0.3 is 10.4 Å². The van der Waals surface area contributed by atoms with Crippen LogP contribution in [0.25, 0.3) is 10.2 Å². The van der Waals surface area contributed by atoms with E-state index in [-0.39, 0.29) is 12.5 Å². The number of carbonyl (C=O) groups is 1. The van der Waals surface area contributed by atoms with Gasteiger partial charge in [-0.25, -0.2) is 4.98 Å². The maximum absolute atomic E-state index is 12.3. The Morgan fingerprint density at radius 3 is 2.88 bits per heavy atom. The Bertz CT molecular complexity index is 931. The molecule has 0 bridgehead atoms. The number of anilines is 1. The van der Waals surface area contributed by atoms with Gasteiger partial charge in [-0.2, -0.15) is 0 Å². The number of aromatic nitrogens is 1. The van der Waals surface area contributed by atoms with Crippen LogP contribution < -0.4 is 5.32 Å². The highest BCUT2D eigenvalue weighted by Gasteiger charge is 2.31. The average molecular weight is 337 g/mol. The summed E-state index contributed by atoms with van der Waals surface area (Å²) in [5, 5.41) is 11.9. The van der Waals surface area contributed by atoms with Gasteiger partial charge in [0.1, 0.15) is 5.92 Å². The lowest BCUT2D eigenvalue weighted by Gasteiger charge is -2.04. The highest BCUT2D eigenvalue weighted by atomic mass is 32.1. The molecule has 1 aliphatic heterocycles. The number of nitrogens with one attached hydrogen (secondary N) is 1. The van der Waals surface area contributed by atoms with Crippen molar-refractivity contribution in [3.05, 3.63) is 53.0 Å². The van der Waals surface area contributed by atoms with E-state index in [2.05, 4.69) is 15.3 Å². The first-order valence-corrected chi connectivity index (χ1v) is 8.55. The van der Waals surface area contributed by atoms with E-state index in [0.29, 0.717) is 6.42 Å². The third kappa shape index (κ3) is 2.60. The molecule has 2 N–H and O–H groups in total. The first kappa shape index (κ1) is 15.0. The molecule has 0 radical (unpaired) electrons. The van der Waals surface area contributed by atoms with E-state index in [4.69, 9.17) is 5.11 Å². The second-order valence-corrected chi connectivity index (χ2v) is 6.47. The highest BCUT2D eigenvalue weighted by molar-refractivity contribution is 7.17. The van der Waals surface area contributed by atoms with E-state index in [0.717, 1.165) is 32.7 Å². The molecule has 0 aliphatic carbocycles. The number of thiazole rings is 1. The number of benzene rings is 2. The number of hydrogen-bond donors (Lipinski definition) is 2. The molecule has 2 aromatic carbocycles. The van der Waals surface area contributed by atoms with Crippen molar-refractivity contribution in [3.63, 3.8) is 0 Å². The second-order valence-electron chi connectivity index (χ2n) is 5.61. The van der Waals surface area contributed by atoms with Crippen LogP contribution in [0.2, 0.25) is 0 Å². The van der Waals surface area contributed by atoms with Crippen LogP contribution in [-0.2, 0) is 11.2 Å². The molecule has 0 saturated heterocycles. The second kappa shape index (κ2) is 6.14. The van der Waals surface area contributed by atoms with Gasteiger partial charge >= 0.3 is 0 Å². The molecule has 1 aliphatic rings. The number of aliphatic hydroxyl groups excluding tert-OH is 1. The Hall–Kier alpha value is -2.57. The first-order chi connectivity index (χ1) is 11.8. The topological polar surface area (TPSA) is 74.6 Å². The maximum Gasteiger partial charge on any atom is 0.237 e. The molecule has 24 heavy (non-hydrogen) atoms. The predicted molar refractivity (Wildman–Crippen MR) is 96.4 cm³/mol. The van der Waals surface area contributed by atoms with Crippen LogP contribution in [0.3, 0.4) is 0 Å². The summed E-state index contributed by atoms with van der Waals surface area (Å²) in [5.41, 5.74) is 6.34. The van der Waals surface area contributed by atoms with Gasteiger partial charge in [-0.15, -0.1) is 11.3 Å². The summed E-state index contributed by atoms with van der Waals surface area (Å²) in [6, 6.07) is 11.5. The van der Waals surface area contributed by atoms with Gasteiger partial charge in [-0.1, -0.05) is 12.1 Å². The Morgan fingerprint density at radius 1 is 1.25 bits per heavy atom. The summed E-state index contributed by atoms with van der Waals surface area (Å²) in [4.78, 5) is 21.1. The van der Waals surface area contributed by atoms with Crippen LogP contribution in [0.5, 0.6) is 0 Å². The van der Waals surface area contributed by atoms with Gasteiger partial charge in [0.15, 0.2) is 0 Å². The molecule has 1 aromatic heterocycles. The number of nitrogens with zero attached hydrogens (tertiary/aromatic N) is 2. The van der Waals surface area contributed by atoms with Crippen molar-refractivity contribution in [2.24, 2.45) is 4.99 Å². The van der Waals surface area contributed by atoms with Crippen molar-refractivity contribution >= 4 is 45.0 Å². The minimum atomic E-state index is -0.402. The Kier molecular flexibility index (Phi) is 3.84. The van der Waals surface area contributed by atoms with Crippen LogP contribution in [-0.4, -0.2) is 28.8 Å². The van der Waals surface area contributed by atoms with Crippen LogP contribution >= 0.6 is 11.3 Å². The molecule has 2 heterocycles. The van der Waals surface area contributed by atoms with Crippen molar-refractivity contribution in [1.82, 2.24) is 4.98 Å². The number of rotatable bonds is 4. The fourth-order valence-corrected chi connectivity index (χ4v) is 3.77. The lowest BCUT2D eigenvalue weighted by atomic mass is 10.0. The zero-order chi connectivity index (χ0) is 16.5. The van der Waals surface area contributed by atoms with E-state index in [1.54, 1.807) is 11.7 Å². The minimum Gasteiger partial charge on any atom is -0.396 e. The molecule has 0 saturated carbocycles. The average Bonchev–Trinajstić information content (AvgIpc) is 3.18. The quantitative estimate of drug-likeness (QED) is 0.718. The smallest absolute Gasteiger partial charge is 0.237 e. The van der Waals surface area contributed by atoms with Crippen LogP contribution in [0.4, 0.5) is 11.4 Å². The molecular weight excluding hydrogens is 322 g/mol. The van der Waals surface area contributed by atoms with E-state index in [9.17, 15) is 4.79 Å². The fraction of sp³-hybridized carbons (Fsp3) is 0.167.